The number of fused-ring (bicyclic) bond motifs is 1. The van der Waals surface area contributed by atoms with Gasteiger partial charge < -0.3 is 14.3 Å². The van der Waals surface area contributed by atoms with Gasteiger partial charge in [0.05, 0.1) is 30.3 Å². The summed E-state index contributed by atoms with van der Waals surface area (Å²) >= 11 is 0. The van der Waals surface area contributed by atoms with Crippen molar-refractivity contribution in [2.24, 2.45) is 5.41 Å². The van der Waals surface area contributed by atoms with Crippen LogP contribution in [0.25, 0.3) is 22.6 Å². The first-order valence-corrected chi connectivity index (χ1v) is 12.9. The number of halogens is 1. The quantitative estimate of drug-likeness (QED) is 0.347. The highest BCUT2D eigenvalue weighted by atomic mass is 19.1. The Morgan fingerprint density at radius 1 is 1.00 bits per heavy atom. The van der Waals surface area contributed by atoms with Gasteiger partial charge in [0.1, 0.15) is 17.0 Å². The Labute approximate surface area is 213 Å². The first-order valence-electron chi connectivity index (χ1n) is 12.9. The Hall–Kier alpha value is -3.85. The van der Waals surface area contributed by atoms with Crippen molar-refractivity contribution in [2.45, 2.75) is 56.4 Å². The molecule has 5 aromatic heterocycles. The van der Waals surface area contributed by atoms with Crippen molar-refractivity contribution >= 4 is 5.65 Å². The topological polar surface area (TPSA) is 77.9 Å². The fraction of sp³-hybridized carbons (Fsp3) is 0.357. The van der Waals surface area contributed by atoms with Crippen LogP contribution in [0.3, 0.4) is 0 Å². The zero-order chi connectivity index (χ0) is 24.7. The number of aromatic nitrogens is 7. The lowest BCUT2D eigenvalue weighted by atomic mass is 9.38. The number of pyridine rings is 2. The second-order valence-corrected chi connectivity index (χ2v) is 11.3. The summed E-state index contributed by atoms with van der Waals surface area (Å²) < 4.78 is 20.0. The van der Waals surface area contributed by atoms with Gasteiger partial charge in [-0.05, 0) is 67.3 Å². The highest BCUT2D eigenvalue weighted by Gasteiger charge is 2.78. The van der Waals surface area contributed by atoms with Crippen LogP contribution >= 0.6 is 0 Å². The van der Waals surface area contributed by atoms with Gasteiger partial charge in [-0.3, -0.25) is 4.98 Å². The third-order valence-corrected chi connectivity index (χ3v) is 8.71. The lowest BCUT2D eigenvalue weighted by Gasteiger charge is -2.69. The van der Waals surface area contributed by atoms with Gasteiger partial charge in [-0.1, -0.05) is 11.3 Å². The normalized spacial score (nSPS) is 25.1. The Bertz CT molecular complexity index is 1610. The molecular formula is C28H27FN8. The third kappa shape index (κ3) is 3.37. The number of rotatable bonds is 8. The number of hydrogen-bond donors (Lipinski definition) is 1. The molecule has 37 heavy (non-hydrogen) atoms. The van der Waals surface area contributed by atoms with Gasteiger partial charge in [0.15, 0.2) is 0 Å². The van der Waals surface area contributed by atoms with Crippen molar-refractivity contribution in [1.82, 2.24) is 39.2 Å². The SMILES string of the molecule is FC12CC(C3(NCc4ccc5nc(Cn6cc(-c7cncc(-n8cccc8)c7)nn6)cn5c4)CC3)(C1)C2. The van der Waals surface area contributed by atoms with E-state index in [1.807, 2.05) is 41.5 Å². The predicted octanol–water partition coefficient (Wildman–Crippen LogP) is 4.34. The minimum atomic E-state index is -0.835. The van der Waals surface area contributed by atoms with Crippen molar-refractivity contribution in [3.05, 3.63) is 85.0 Å². The molecule has 0 aromatic carbocycles. The molecule has 9 rings (SSSR count). The second-order valence-electron chi connectivity index (χ2n) is 11.3. The van der Waals surface area contributed by atoms with E-state index in [2.05, 4.69) is 55.6 Å². The molecule has 2 bridgehead atoms. The molecule has 186 valence electrons. The molecule has 4 saturated carbocycles. The monoisotopic (exact) mass is 494 g/mol. The van der Waals surface area contributed by atoms with Crippen LogP contribution < -0.4 is 5.32 Å². The molecular weight excluding hydrogens is 467 g/mol. The van der Waals surface area contributed by atoms with E-state index in [0.29, 0.717) is 6.54 Å². The van der Waals surface area contributed by atoms with Crippen molar-refractivity contribution in [3.63, 3.8) is 0 Å². The van der Waals surface area contributed by atoms with Crippen LogP contribution in [0.15, 0.2) is 73.7 Å². The van der Waals surface area contributed by atoms with Gasteiger partial charge in [-0.2, -0.15) is 0 Å². The van der Waals surface area contributed by atoms with E-state index < -0.39 is 5.67 Å². The maximum atomic E-state index is 14.1. The smallest absolute Gasteiger partial charge is 0.137 e. The van der Waals surface area contributed by atoms with E-state index in [1.54, 1.807) is 10.9 Å². The molecule has 5 aromatic rings. The average molecular weight is 495 g/mol. The largest absolute Gasteiger partial charge is 0.322 e. The molecule has 9 heteroatoms. The zero-order valence-electron chi connectivity index (χ0n) is 20.4. The van der Waals surface area contributed by atoms with Crippen molar-refractivity contribution < 1.29 is 4.39 Å². The summed E-state index contributed by atoms with van der Waals surface area (Å²) in [6.45, 7) is 1.33. The highest BCUT2D eigenvalue weighted by Crippen LogP contribution is 2.78. The molecule has 0 radical (unpaired) electrons. The lowest BCUT2D eigenvalue weighted by molar-refractivity contribution is -0.236. The minimum Gasteiger partial charge on any atom is -0.322 e. The number of hydrogen-bond acceptors (Lipinski definition) is 5. The summed E-state index contributed by atoms with van der Waals surface area (Å²) in [4.78, 5) is 9.15. The van der Waals surface area contributed by atoms with Gasteiger partial charge >= 0.3 is 0 Å². The third-order valence-electron chi connectivity index (χ3n) is 8.71. The molecule has 8 nitrogen and oxygen atoms in total. The molecule has 0 amide bonds. The first kappa shape index (κ1) is 21.3. The van der Waals surface area contributed by atoms with E-state index in [-0.39, 0.29) is 11.0 Å². The summed E-state index contributed by atoms with van der Waals surface area (Å²) in [7, 11) is 0. The lowest BCUT2D eigenvalue weighted by Crippen LogP contribution is -2.72. The van der Waals surface area contributed by atoms with Gasteiger partial charge in [-0.15, -0.1) is 5.10 Å². The van der Waals surface area contributed by atoms with E-state index >= 15 is 0 Å². The van der Waals surface area contributed by atoms with Crippen LogP contribution in [0.2, 0.25) is 0 Å². The maximum Gasteiger partial charge on any atom is 0.137 e. The van der Waals surface area contributed by atoms with Crippen LogP contribution in [0.5, 0.6) is 0 Å². The van der Waals surface area contributed by atoms with E-state index in [0.717, 1.165) is 54.1 Å². The zero-order valence-corrected chi connectivity index (χ0v) is 20.4. The molecule has 0 aliphatic heterocycles. The Morgan fingerprint density at radius 3 is 2.62 bits per heavy atom. The summed E-state index contributed by atoms with van der Waals surface area (Å²) in [5, 5.41) is 12.5. The number of nitrogens with one attached hydrogen (secondary N) is 1. The maximum absolute atomic E-state index is 14.1. The molecule has 0 saturated heterocycles. The van der Waals surface area contributed by atoms with Gasteiger partial charge in [0, 0.05) is 48.6 Å². The van der Waals surface area contributed by atoms with Gasteiger partial charge in [0.2, 0.25) is 0 Å². The van der Waals surface area contributed by atoms with Crippen molar-refractivity contribution in [1.29, 1.82) is 0 Å². The molecule has 4 aliphatic carbocycles. The van der Waals surface area contributed by atoms with Crippen LogP contribution in [-0.4, -0.2) is 45.1 Å². The highest BCUT2D eigenvalue weighted by molar-refractivity contribution is 5.59. The molecule has 4 fully saturated rings. The Kier molecular flexibility index (Phi) is 4.22. The standard InChI is InChI=1S/C28H27FN8/c29-27-17-26(18-27,19-27)28(5-6-28)31-10-20-3-4-25-32-22(14-36(25)13-20)15-37-16-24(33-34-37)21-9-23(12-30-11-21)35-7-1-2-8-35/h1-4,7-9,11-14,16,31H,5-6,10,15,17-19H2. The van der Waals surface area contributed by atoms with Crippen LogP contribution in [0, 0.1) is 5.41 Å². The van der Waals surface area contributed by atoms with E-state index in [4.69, 9.17) is 4.98 Å². The number of imidazole rings is 1. The Morgan fingerprint density at radius 2 is 1.84 bits per heavy atom. The van der Waals surface area contributed by atoms with E-state index in [9.17, 15) is 4.39 Å². The average Bonchev–Trinajstić information content (AvgIpc) is 3.26. The summed E-state index contributed by atoms with van der Waals surface area (Å²) in [6, 6.07) is 10.2. The fourth-order valence-corrected chi connectivity index (χ4v) is 6.62. The molecule has 0 atom stereocenters. The minimum absolute atomic E-state index is 0.164. The van der Waals surface area contributed by atoms with Crippen molar-refractivity contribution in [3.8, 4) is 16.9 Å². The molecule has 4 aliphatic rings. The van der Waals surface area contributed by atoms with Crippen LogP contribution in [-0.2, 0) is 13.1 Å². The summed E-state index contributed by atoms with van der Waals surface area (Å²) in [5.74, 6) is 0. The predicted molar refractivity (Wildman–Crippen MR) is 136 cm³/mol. The Balaban J connectivity index is 0.963. The number of alkyl halides is 1. The summed E-state index contributed by atoms with van der Waals surface area (Å²) in [6.07, 6.45) is 18.4. The van der Waals surface area contributed by atoms with Gasteiger partial charge in [-0.25, -0.2) is 14.1 Å². The van der Waals surface area contributed by atoms with Crippen LogP contribution in [0.4, 0.5) is 4.39 Å². The second kappa shape index (κ2) is 7.35. The van der Waals surface area contributed by atoms with Gasteiger partial charge in [0.25, 0.3) is 0 Å². The first-order chi connectivity index (χ1) is 18.0. The fourth-order valence-electron chi connectivity index (χ4n) is 6.62. The molecule has 0 spiro atoms. The molecule has 0 unspecified atom stereocenters. The summed E-state index contributed by atoms with van der Waals surface area (Å²) in [5.41, 5.74) is 5.26. The van der Waals surface area contributed by atoms with Crippen LogP contribution in [0.1, 0.15) is 43.4 Å². The molecule has 1 N–H and O–H groups in total. The van der Waals surface area contributed by atoms with E-state index in [1.165, 1.54) is 18.4 Å². The number of nitrogens with zero attached hydrogens (tertiary/aromatic N) is 7. The molecule has 5 heterocycles. The van der Waals surface area contributed by atoms with Crippen molar-refractivity contribution in [2.75, 3.05) is 0 Å².